The molecule has 3 heterocycles. The number of hydrogen-bond acceptors (Lipinski definition) is 5. The summed E-state index contributed by atoms with van der Waals surface area (Å²) in [5.41, 5.74) is 0.838. The molecule has 1 aromatic rings. The summed E-state index contributed by atoms with van der Waals surface area (Å²) in [4.78, 5) is 18.6. The van der Waals surface area contributed by atoms with Crippen molar-refractivity contribution in [3.05, 3.63) is 28.7 Å². The summed E-state index contributed by atoms with van der Waals surface area (Å²) in [6.07, 6.45) is 1.09. The number of ether oxygens (including phenoxy) is 1. The van der Waals surface area contributed by atoms with E-state index in [2.05, 4.69) is 20.9 Å². The first-order chi connectivity index (χ1) is 11.9. The van der Waals surface area contributed by atoms with Crippen LogP contribution in [0.3, 0.4) is 0 Å². The van der Waals surface area contributed by atoms with Crippen molar-refractivity contribution < 1.29 is 17.9 Å². The van der Waals surface area contributed by atoms with Crippen molar-refractivity contribution >= 4 is 54.3 Å². The van der Waals surface area contributed by atoms with Gasteiger partial charge in [0, 0.05) is 22.0 Å². The van der Waals surface area contributed by atoms with E-state index in [1.165, 1.54) is 11.8 Å². The molecule has 25 heavy (non-hydrogen) atoms. The average Bonchev–Trinajstić information content (AvgIpc) is 3.21. The molecule has 134 valence electrons. The largest absolute Gasteiger partial charge is 0.368 e. The number of anilines is 1. The van der Waals surface area contributed by atoms with E-state index in [1.807, 2.05) is 29.2 Å². The first-order valence-corrected chi connectivity index (χ1v) is 11.6. The number of benzene rings is 1. The molecule has 3 aliphatic rings. The fraction of sp³-hybridized carbons (Fsp3) is 0.500. The molecule has 1 amide bonds. The van der Waals surface area contributed by atoms with Crippen LogP contribution in [-0.4, -0.2) is 55.0 Å². The lowest BCUT2D eigenvalue weighted by atomic mass is 10.2. The predicted octanol–water partition coefficient (Wildman–Crippen LogP) is 2.23. The minimum absolute atomic E-state index is 0.0876. The number of rotatable bonds is 2. The number of fused-ring (bicyclic) bond motifs is 1. The molecule has 1 aromatic carbocycles. The van der Waals surface area contributed by atoms with Crippen LogP contribution in [0.25, 0.3) is 0 Å². The summed E-state index contributed by atoms with van der Waals surface area (Å²) >= 11 is 4.83. The number of aliphatic imine (C=N–C) groups is 1. The third kappa shape index (κ3) is 3.51. The van der Waals surface area contributed by atoms with Crippen molar-refractivity contribution in [2.75, 3.05) is 23.0 Å². The maximum Gasteiger partial charge on any atom is 0.277 e. The van der Waals surface area contributed by atoms with Gasteiger partial charge in [-0.2, -0.15) is 4.99 Å². The van der Waals surface area contributed by atoms with Gasteiger partial charge in [0.1, 0.15) is 6.10 Å². The molecule has 0 aromatic heterocycles. The lowest BCUT2D eigenvalue weighted by Gasteiger charge is -2.24. The van der Waals surface area contributed by atoms with E-state index < -0.39 is 15.9 Å². The third-order valence-electron chi connectivity index (χ3n) is 4.56. The van der Waals surface area contributed by atoms with Gasteiger partial charge in [-0.1, -0.05) is 33.8 Å². The highest BCUT2D eigenvalue weighted by Gasteiger charge is 2.49. The Hall–Kier alpha value is -0.900. The smallest absolute Gasteiger partial charge is 0.277 e. The first kappa shape index (κ1) is 17.5. The minimum Gasteiger partial charge on any atom is -0.368 e. The van der Waals surface area contributed by atoms with Crippen LogP contribution in [0.4, 0.5) is 5.69 Å². The summed E-state index contributed by atoms with van der Waals surface area (Å²) in [6, 6.07) is 7.43. The van der Waals surface area contributed by atoms with Gasteiger partial charge in [0.05, 0.1) is 17.5 Å². The Bertz CT molecular complexity index is 836. The number of halogens is 1. The Morgan fingerprint density at radius 1 is 1.36 bits per heavy atom. The van der Waals surface area contributed by atoms with Crippen LogP contribution >= 0.6 is 27.7 Å². The van der Waals surface area contributed by atoms with Gasteiger partial charge in [0.15, 0.2) is 15.0 Å². The van der Waals surface area contributed by atoms with E-state index >= 15 is 0 Å². The Balaban J connectivity index is 1.69. The highest BCUT2D eigenvalue weighted by molar-refractivity contribution is 9.10. The number of nitrogens with zero attached hydrogens (tertiary/aromatic N) is 2. The van der Waals surface area contributed by atoms with E-state index in [9.17, 15) is 13.2 Å². The van der Waals surface area contributed by atoms with E-state index in [1.54, 1.807) is 0 Å². The monoisotopic (exact) mass is 444 g/mol. The summed E-state index contributed by atoms with van der Waals surface area (Å²) in [5.74, 6) is -0.0626. The van der Waals surface area contributed by atoms with Gasteiger partial charge >= 0.3 is 0 Å². The van der Waals surface area contributed by atoms with Crippen LogP contribution in [0.1, 0.15) is 12.8 Å². The van der Waals surface area contributed by atoms with Crippen LogP contribution in [-0.2, 0) is 19.4 Å². The van der Waals surface area contributed by atoms with Crippen molar-refractivity contribution in [1.82, 2.24) is 0 Å². The second-order valence-electron chi connectivity index (χ2n) is 6.38. The van der Waals surface area contributed by atoms with E-state index in [4.69, 9.17) is 4.74 Å². The van der Waals surface area contributed by atoms with Crippen molar-refractivity contribution in [1.29, 1.82) is 0 Å². The molecular formula is C16H17BrN2O4S2. The molecule has 0 unspecified atom stereocenters. The van der Waals surface area contributed by atoms with Crippen LogP contribution in [0.15, 0.2) is 33.7 Å². The molecule has 0 spiro atoms. The molecule has 0 aliphatic carbocycles. The normalized spacial score (nSPS) is 32.3. The van der Waals surface area contributed by atoms with Gasteiger partial charge in [-0.15, -0.1) is 0 Å². The second kappa shape index (κ2) is 6.68. The molecule has 0 saturated carbocycles. The molecule has 3 atom stereocenters. The molecule has 0 N–H and O–H groups in total. The highest BCUT2D eigenvalue weighted by Crippen LogP contribution is 2.41. The number of hydrogen-bond donors (Lipinski definition) is 0. The van der Waals surface area contributed by atoms with Crippen LogP contribution in [0.5, 0.6) is 0 Å². The number of thioether (sulfide) groups is 1. The fourth-order valence-electron chi connectivity index (χ4n) is 3.43. The Morgan fingerprint density at radius 2 is 2.20 bits per heavy atom. The number of carbonyl (C=O) groups excluding carboxylic acids is 1. The van der Waals surface area contributed by atoms with Crippen molar-refractivity contribution in [2.45, 2.75) is 30.2 Å². The summed E-state index contributed by atoms with van der Waals surface area (Å²) < 4.78 is 30.4. The number of carbonyl (C=O) groups is 1. The molecule has 0 radical (unpaired) electrons. The van der Waals surface area contributed by atoms with Crippen molar-refractivity contribution in [2.24, 2.45) is 4.99 Å². The number of amides is 1. The molecule has 9 heteroatoms. The zero-order valence-corrected chi connectivity index (χ0v) is 16.5. The summed E-state index contributed by atoms with van der Waals surface area (Å²) in [7, 11) is -3.06. The molecule has 4 rings (SSSR count). The van der Waals surface area contributed by atoms with E-state index in [-0.39, 0.29) is 28.7 Å². The zero-order chi connectivity index (χ0) is 17.6. The SMILES string of the molecule is O=C(N=C1S[C@@H]2CS(=O)(=O)C[C@H]2N1c1cccc(Br)c1)[C@H]1CCCO1. The Kier molecular flexibility index (Phi) is 4.68. The molecule has 3 saturated heterocycles. The lowest BCUT2D eigenvalue weighted by Crippen LogP contribution is -2.38. The second-order valence-corrected chi connectivity index (χ2v) is 10.7. The fourth-order valence-corrected chi connectivity index (χ4v) is 7.74. The Labute approximate surface area is 159 Å². The van der Waals surface area contributed by atoms with Gasteiger partial charge < -0.3 is 9.64 Å². The maximum absolute atomic E-state index is 12.4. The van der Waals surface area contributed by atoms with E-state index in [0.717, 1.165) is 16.6 Å². The van der Waals surface area contributed by atoms with Gasteiger partial charge in [0.25, 0.3) is 5.91 Å². The van der Waals surface area contributed by atoms with Crippen LogP contribution in [0.2, 0.25) is 0 Å². The third-order valence-corrected chi connectivity index (χ3v) is 8.27. The minimum atomic E-state index is -3.06. The quantitative estimate of drug-likeness (QED) is 0.695. The molecular weight excluding hydrogens is 428 g/mol. The predicted molar refractivity (Wildman–Crippen MR) is 102 cm³/mol. The van der Waals surface area contributed by atoms with Crippen molar-refractivity contribution in [3.63, 3.8) is 0 Å². The zero-order valence-electron chi connectivity index (χ0n) is 13.3. The van der Waals surface area contributed by atoms with Crippen LogP contribution in [0, 0.1) is 0 Å². The van der Waals surface area contributed by atoms with Crippen LogP contribution < -0.4 is 4.90 Å². The lowest BCUT2D eigenvalue weighted by molar-refractivity contribution is -0.126. The first-order valence-electron chi connectivity index (χ1n) is 8.09. The number of amidine groups is 1. The van der Waals surface area contributed by atoms with Crippen molar-refractivity contribution in [3.8, 4) is 0 Å². The average molecular weight is 445 g/mol. The van der Waals surface area contributed by atoms with Gasteiger partial charge in [-0.3, -0.25) is 4.79 Å². The van der Waals surface area contributed by atoms with Gasteiger partial charge in [0.2, 0.25) is 0 Å². The van der Waals surface area contributed by atoms with Gasteiger partial charge in [-0.25, -0.2) is 8.42 Å². The number of sulfone groups is 1. The standard InChI is InChI=1S/C16H17BrN2O4S2/c17-10-3-1-4-11(7-10)19-12-8-25(21,22)9-14(12)24-16(19)18-15(20)13-5-2-6-23-13/h1,3-4,7,12-14H,2,5-6,8-9H2/t12-,13-,14-/m1/s1. The highest BCUT2D eigenvalue weighted by atomic mass is 79.9. The topological polar surface area (TPSA) is 76.0 Å². The van der Waals surface area contributed by atoms with Gasteiger partial charge in [-0.05, 0) is 31.0 Å². The summed E-state index contributed by atoms with van der Waals surface area (Å²) in [5, 5.41) is 0.475. The molecule has 3 fully saturated rings. The van der Waals surface area contributed by atoms with E-state index in [0.29, 0.717) is 18.2 Å². The molecule has 0 bridgehead atoms. The molecule has 6 nitrogen and oxygen atoms in total. The maximum atomic E-state index is 12.4. The molecule has 3 aliphatic heterocycles. The Morgan fingerprint density at radius 3 is 2.92 bits per heavy atom. The summed E-state index contributed by atoms with van der Waals surface area (Å²) in [6.45, 7) is 0.591.